The van der Waals surface area contributed by atoms with E-state index in [2.05, 4.69) is 9.35 Å². The maximum absolute atomic E-state index is 11.7. The fraction of sp³-hybridized carbons (Fsp3) is 0.375. The molecule has 0 N–H and O–H groups in total. The third-order valence-corrected chi connectivity index (χ3v) is 3.30. The molecule has 0 aliphatic rings. The highest BCUT2D eigenvalue weighted by molar-refractivity contribution is 7.92. The van der Waals surface area contributed by atoms with Crippen LogP contribution in [-0.2, 0) is 9.73 Å². The Kier molecular flexibility index (Phi) is 2.47. The van der Waals surface area contributed by atoms with Gasteiger partial charge in [0.1, 0.15) is 5.03 Å². The normalized spacial score (nSPS) is 15.2. The third kappa shape index (κ3) is 1.82. The molecular formula is C8H12N2OS. The first-order valence-corrected chi connectivity index (χ1v) is 5.52. The second kappa shape index (κ2) is 3.23. The highest BCUT2D eigenvalue weighted by Gasteiger charge is 2.04. The molecule has 0 aliphatic carbocycles. The molecule has 3 nitrogen and oxygen atoms in total. The third-order valence-electron chi connectivity index (χ3n) is 1.60. The van der Waals surface area contributed by atoms with Gasteiger partial charge in [-0.3, -0.25) is 0 Å². The van der Waals surface area contributed by atoms with E-state index in [0.29, 0.717) is 5.03 Å². The van der Waals surface area contributed by atoms with Crippen LogP contribution < -0.4 is 0 Å². The van der Waals surface area contributed by atoms with Gasteiger partial charge in [0.2, 0.25) is 0 Å². The molecule has 0 bridgehead atoms. The van der Waals surface area contributed by atoms with Gasteiger partial charge >= 0.3 is 0 Å². The van der Waals surface area contributed by atoms with Crippen molar-refractivity contribution in [2.24, 2.45) is 4.36 Å². The van der Waals surface area contributed by atoms with Crippen LogP contribution in [-0.4, -0.2) is 22.5 Å². The van der Waals surface area contributed by atoms with Crippen molar-refractivity contribution in [3.05, 3.63) is 23.9 Å². The molecule has 0 fully saturated rings. The lowest BCUT2D eigenvalue weighted by Gasteiger charge is -2.01. The zero-order valence-electron chi connectivity index (χ0n) is 7.44. The summed E-state index contributed by atoms with van der Waals surface area (Å²) >= 11 is 0. The lowest BCUT2D eigenvalue weighted by molar-refractivity contribution is 0.676. The van der Waals surface area contributed by atoms with Gasteiger partial charge in [-0.2, -0.15) is 0 Å². The molecular weight excluding hydrogens is 172 g/mol. The van der Waals surface area contributed by atoms with Crippen molar-refractivity contribution >= 4 is 9.73 Å². The summed E-state index contributed by atoms with van der Waals surface area (Å²) in [7, 11) is -0.709. The molecule has 1 aromatic rings. The quantitative estimate of drug-likeness (QED) is 0.663. The van der Waals surface area contributed by atoms with E-state index < -0.39 is 9.73 Å². The fourth-order valence-corrected chi connectivity index (χ4v) is 1.65. The molecule has 0 aliphatic heterocycles. The monoisotopic (exact) mass is 184 g/mol. The zero-order chi connectivity index (χ0) is 9.19. The Labute approximate surface area is 73.0 Å². The van der Waals surface area contributed by atoms with E-state index in [1.165, 1.54) is 0 Å². The zero-order valence-corrected chi connectivity index (χ0v) is 8.26. The predicted molar refractivity (Wildman–Crippen MR) is 49.7 cm³/mol. The van der Waals surface area contributed by atoms with Gasteiger partial charge in [-0.05, 0) is 19.1 Å². The summed E-state index contributed by atoms with van der Waals surface area (Å²) in [4.78, 5) is 4.15. The first-order valence-electron chi connectivity index (χ1n) is 3.60. The van der Waals surface area contributed by atoms with Crippen molar-refractivity contribution in [2.45, 2.75) is 11.9 Å². The lowest BCUT2D eigenvalue weighted by Crippen LogP contribution is -2.00. The Morgan fingerprint density at radius 2 is 2.17 bits per heavy atom. The van der Waals surface area contributed by atoms with Crippen molar-refractivity contribution < 1.29 is 4.21 Å². The van der Waals surface area contributed by atoms with Crippen LogP contribution in [0.25, 0.3) is 0 Å². The summed E-state index contributed by atoms with van der Waals surface area (Å²) in [6.45, 7) is 1.87. The van der Waals surface area contributed by atoms with Crippen LogP contribution in [0.3, 0.4) is 0 Å². The first kappa shape index (κ1) is 9.19. The highest BCUT2D eigenvalue weighted by Crippen LogP contribution is 2.07. The number of aryl methyl sites for hydroxylation is 1. The molecule has 1 atom stereocenters. The molecule has 0 saturated carbocycles. The van der Waals surface area contributed by atoms with Crippen LogP contribution in [0, 0.1) is 6.92 Å². The Morgan fingerprint density at radius 1 is 1.50 bits per heavy atom. The maximum atomic E-state index is 11.7. The minimum absolute atomic E-state index is 0.560. The molecule has 1 unspecified atom stereocenters. The van der Waals surface area contributed by atoms with Crippen molar-refractivity contribution in [2.75, 3.05) is 13.3 Å². The predicted octanol–water partition coefficient (Wildman–Crippen LogP) is 1.48. The minimum atomic E-state index is -2.26. The average Bonchev–Trinajstić information content (AvgIpc) is 2.05. The van der Waals surface area contributed by atoms with Crippen molar-refractivity contribution in [3.63, 3.8) is 0 Å². The van der Waals surface area contributed by atoms with E-state index in [4.69, 9.17) is 0 Å². The molecule has 0 aromatic carbocycles. The highest BCUT2D eigenvalue weighted by atomic mass is 32.2. The molecule has 1 aromatic heterocycles. The van der Waals surface area contributed by atoms with E-state index >= 15 is 0 Å². The van der Waals surface area contributed by atoms with Gasteiger partial charge in [0.25, 0.3) is 0 Å². The van der Waals surface area contributed by atoms with E-state index in [0.717, 1.165) is 5.69 Å². The van der Waals surface area contributed by atoms with Crippen LogP contribution in [0.5, 0.6) is 0 Å². The number of pyridine rings is 1. The molecule has 4 heteroatoms. The van der Waals surface area contributed by atoms with Crippen molar-refractivity contribution in [1.82, 2.24) is 4.98 Å². The number of aromatic nitrogens is 1. The lowest BCUT2D eigenvalue weighted by atomic mass is 10.4. The SMILES string of the molecule is CN=S(C)(=O)c1cccc(C)n1. The number of hydrogen-bond donors (Lipinski definition) is 0. The first-order chi connectivity index (χ1) is 5.56. The van der Waals surface area contributed by atoms with E-state index in [1.807, 2.05) is 19.1 Å². The van der Waals surface area contributed by atoms with Gasteiger partial charge in [0.05, 0.1) is 9.73 Å². The fourth-order valence-electron chi connectivity index (χ4n) is 0.823. The average molecular weight is 184 g/mol. The van der Waals surface area contributed by atoms with Gasteiger partial charge in [-0.15, -0.1) is 0 Å². The van der Waals surface area contributed by atoms with Crippen LogP contribution >= 0.6 is 0 Å². The number of hydrogen-bond acceptors (Lipinski definition) is 3. The smallest absolute Gasteiger partial charge is 0.135 e. The van der Waals surface area contributed by atoms with Gasteiger partial charge in [0, 0.05) is 19.0 Å². The maximum Gasteiger partial charge on any atom is 0.135 e. The minimum Gasteiger partial charge on any atom is -0.243 e. The Morgan fingerprint density at radius 3 is 2.67 bits per heavy atom. The molecule has 0 amide bonds. The standard InChI is InChI=1S/C8H12N2OS/c1-7-5-4-6-8(10-7)12(3,11)9-2/h4-6H,1-3H3. The van der Waals surface area contributed by atoms with Gasteiger partial charge in [-0.25, -0.2) is 13.6 Å². The molecule has 12 heavy (non-hydrogen) atoms. The largest absolute Gasteiger partial charge is 0.243 e. The van der Waals surface area contributed by atoms with Crippen LogP contribution in [0.4, 0.5) is 0 Å². The summed E-state index contributed by atoms with van der Waals surface area (Å²) in [6.07, 6.45) is 1.59. The van der Waals surface area contributed by atoms with Gasteiger partial charge < -0.3 is 0 Å². The van der Waals surface area contributed by atoms with Crippen LogP contribution in [0.15, 0.2) is 27.6 Å². The summed E-state index contributed by atoms with van der Waals surface area (Å²) in [5.74, 6) is 0. The van der Waals surface area contributed by atoms with Crippen molar-refractivity contribution in [1.29, 1.82) is 0 Å². The Bertz CT molecular complexity index is 392. The topological polar surface area (TPSA) is 42.3 Å². The van der Waals surface area contributed by atoms with Gasteiger partial charge in [0.15, 0.2) is 0 Å². The molecule has 0 saturated heterocycles. The van der Waals surface area contributed by atoms with Crippen LogP contribution in [0.1, 0.15) is 5.69 Å². The summed E-state index contributed by atoms with van der Waals surface area (Å²) in [6, 6.07) is 5.45. The van der Waals surface area contributed by atoms with E-state index in [1.54, 1.807) is 19.4 Å². The Balaban J connectivity index is 3.31. The number of nitrogens with zero attached hydrogens (tertiary/aromatic N) is 2. The molecule has 66 valence electrons. The number of rotatable bonds is 1. The molecule has 0 radical (unpaired) electrons. The molecule has 0 spiro atoms. The second-order valence-electron chi connectivity index (χ2n) is 2.60. The Hall–Kier alpha value is -0.900. The van der Waals surface area contributed by atoms with E-state index in [-0.39, 0.29) is 0 Å². The molecule has 1 heterocycles. The van der Waals surface area contributed by atoms with Crippen LogP contribution in [0.2, 0.25) is 0 Å². The molecule has 1 rings (SSSR count). The summed E-state index contributed by atoms with van der Waals surface area (Å²) in [5.41, 5.74) is 0.866. The van der Waals surface area contributed by atoms with E-state index in [9.17, 15) is 4.21 Å². The van der Waals surface area contributed by atoms with Gasteiger partial charge in [-0.1, -0.05) is 6.07 Å². The summed E-state index contributed by atoms with van der Waals surface area (Å²) < 4.78 is 15.5. The summed E-state index contributed by atoms with van der Waals surface area (Å²) in [5, 5.41) is 0.560. The van der Waals surface area contributed by atoms with Crippen molar-refractivity contribution in [3.8, 4) is 0 Å². The second-order valence-corrected chi connectivity index (χ2v) is 4.99.